The van der Waals surface area contributed by atoms with Gasteiger partial charge < -0.3 is 9.22 Å². The van der Waals surface area contributed by atoms with E-state index in [1.165, 1.54) is 23.1 Å². The van der Waals surface area contributed by atoms with Crippen LogP contribution in [0.15, 0.2) is 60.7 Å². The predicted molar refractivity (Wildman–Crippen MR) is 115 cm³/mol. The summed E-state index contributed by atoms with van der Waals surface area (Å²) in [6.45, 7) is 7.39. The van der Waals surface area contributed by atoms with Crippen LogP contribution in [0.1, 0.15) is 52.9 Å². The van der Waals surface area contributed by atoms with Gasteiger partial charge in [-0.3, -0.25) is 0 Å². The molecule has 0 saturated heterocycles. The van der Waals surface area contributed by atoms with Crippen LogP contribution in [0.25, 0.3) is 0 Å². The molecule has 3 rings (SSSR count). The summed E-state index contributed by atoms with van der Waals surface area (Å²) in [5.74, 6) is 0. The highest BCUT2D eigenvalue weighted by Gasteiger charge is 2.51. The SMILES string of the molecule is CC(C)(C)[Si](OCC1(C=O)CCCCC1)(c1ccccc1)c1ccccc1. The van der Waals surface area contributed by atoms with E-state index in [0.29, 0.717) is 6.61 Å². The molecule has 0 unspecified atom stereocenters. The molecule has 0 spiro atoms. The van der Waals surface area contributed by atoms with Crippen LogP contribution >= 0.6 is 0 Å². The van der Waals surface area contributed by atoms with Gasteiger partial charge in [-0.15, -0.1) is 0 Å². The second kappa shape index (κ2) is 8.11. The smallest absolute Gasteiger partial charge is 0.261 e. The minimum absolute atomic E-state index is 0.0472. The Labute approximate surface area is 165 Å². The molecule has 0 radical (unpaired) electrons. The minimum Gasteiger partial charge on any atom is -0.406 e. The van der Waals surface area contributed by atoms with Gasteiger partial charge in [0.1, 0.15) is 6.29 Å². The van der Waals surface area contributed by atoms with Crippen molar-refractivity contribution in [3.05, 3.63) is 60.7 Å². The standard InChI is InChI=1S/C24H32O2Si/c1-23(2,3)27(21-13-7-4-8-14-21,22-15-9-5-10-16-22)26-20-24(19-25)17-11-6-12-18-24/h4-5,7-10,13-16,19H,6,11-12,17-18,20H2,1-3H3. The third kappa shape index (κ3) is 3.95. The number of carbonyl (C=O) groups excluding carboxylic acids is 1. The van der Waals surface area contributed by atoms with E-state index in [2.05, 4.69) is 81.4 Å². The van der Waals surface area contributed by atoms with Crippen LogP contribution in [-0.4, -0.2) is 21.2 Å². The molecule has 2 nitrogen and oxygen atoms in total. The van der Waals surface area contributed by atoms with Crippen molar-refractivity contribution in [2.45, 2.75) is 57.9 Å². The number of aldehydes is 1. The first-order valence-electron chi connectivity index (χ1n) is 10.1. The zero-order valence-electron chi connectivity index (χ0n) is 16.9. The predicted octanol–water partition coefficient (Wildman–Crippen LogP) is 4.71. The largest absolute Gasteiger partial charge is 0.406 e. The van der Waals surface area contributed by atoms with Gasteiger partial charge >= 0.3 is 0 Å². The van der Waals surface area contributed by atoms with Gasteiger partial charge in [-0.2, -0.15) is 0 Å². The first-order chi connectivity index (χ1) is 12.9. The van der Waals surface area contributed by atoms with Crippen molar-refractivity contribution in [3.8, 4) is 0 Å². The van der Waals surface area contributed by atoms with Crippen LogP contribution < -0.4 is 10.4 Å². The highest BCUT2D eigenvalue weighted by atomic mass is 28.4. The molecule has 2 aromatic carbocycles. The van der Waals surface area contributed by atoms with Crippen LogP contribution in [-0.2, 0) is 9.22 Å². The van der Waals surface area contributed by atoms with Gasteiger partial charge in [0.15, 0.2) is 0 Å². The van der Waals surface area contributed by atoms with E-state index in [4.69, 9.17) is 4.43 Å². The molecular formula is C24H32O2Si. The lowest BCUT2D eigenvalue weighted by Crippen LogP contribution is -2.67. The summed E-state index contributed by atoms with van der Waals surface area (Å²) in [6, 6.07) is 21.4. The number of hydrogen-bond donors (Lipinski definition) is 0. The molecule has 3 heteroatoms. The summed E-state index contributed by atoms with van der Waals surface area (Å²) in [6.07, 6.45) is 6.58. The first kappa shape index (κ1) is 20.0. The van der Waals surface area contributed by atoms with Gasteiger partial charge in [-0.05, 0) is 28.3 Å². The fourth-order valence-electron chi connectivity index (χ4n) is 4.57. The van der Waals surface area contributed by atoms with Gasteiger partial charge in [0.2, 0.25) is 0 Å². The highest BCUT2D eigenvalue weighted by Crippen LogP contribution is 2.40. The van der Waals surface area contributed by atoms with Crippen molar-refractivity contribution >= 4 is 25.0 Å². The number of carbonyl (C=O) groups is 1. The van der Waals surface area contributed by atoms with Crippen molar-refractivity contribution < 1.29 is 9.22 Å². The molecule has 0 N–H and O–H groups in total. The van der Waals surface area contributed by atoms with E-state index in [1.807, 2.05) is 0 Å². The van der Waals surface area contributed by atoms with E-state index >= 15 is 0 Å². The fourth-order valence-corrected chi connectivity index (χ4v) is 9.23. The number of rotatable bonds is 6. The number of hydrogen-bond acceptors (Lipinski definition) is 2. The Balaban J connectivity index is 2.08. The highest BCUT2D eigenvalue weighted by molar-refractivity contribution is 6.99. The van der Waals surface area contributed by atoms with Crippen molar-refractivity contribution in [3.63, 3.8) is 0 Å². The first-order valence-corrected chi connectivity index (χ1v) is 12.1. The molecule has 144 valence electrons. The molecule has 27 heavy (non-hydrogen) atoms. The Hall–Kier alpha value is -1.71. The summed E-state index contributed by atoms with van der Waals surface area (Å²) < 4.78 is 7.01. The Bertz CT molecular complexity index is 688. The topological polar surface area (TPSA) is 26.3 Å². The fraction of sp³-hybridized carbons (Fsp3) is 0.458. The molecule has 1 saturated carbocycles. The Morgan fingerprint density at radius 3 is 1.78 bits per heavy atom. The van der Waals surface area contributed by atoms with Crippen LogP contribution in [0.5, 0.6) is 0 Å². The second-order valence-corrected chi connectivity index (χ2v) is 13.3. The average Bonchev–Trinajstić information content (AvgIpc) is 2.70. The van der Waals surface area contributed by atoms with Crippen molar-refractivity contribution in [2.75, 3.05) is 6.61 Å². The molecule has 0 heterocycles. The number of benzene rings is 2. The van der Waals surface area contributed by atoms with Crippen molar-refractivity contribution in [1.82, 2.24) is 0 Å². The molecule has 0 aliphatic heterocycles. The maximum absolute atomic E-state index is 12.1. The molecule has 2 aromatic rings. The summed E-state index contributed by atoms with van der Waals surface area (Å²) >= 11 is 0. The summed E-state index contributed by atoms with van der Waals surface area (Å²) in [7, 11) is -2.56. The van der Waals surface area contributed by atoms with Gasteiger partial charge in [-0.25, -0.2) is 0 Å². The van der Waals surface area contributed by atoms with Gasteiger partial charge in [0, 0.05) is 12.0 Å². The molecule has 0 aromatic heterocycles. The molecule has 1 fully saturated rings. The molecular weight excluding hydrogens is 348 g/mol. The van der Waals surface area contributed by atoms with Crippen LogP contribution in [0.3, 0.4) is 0 Å². The van der Waals surface area contributed by atoms with E-state index in [9.17, 15) is 4.79 Å². The average molecular weight is 381 g/mol. The van der Waals surface area contributed by atoms with Gasteiger partial charge in [0.25, 0.3) is 8.32 Å². The van der Waals surface area contributed by atoms with Gasteiger partial charge in [-0.1, -0.05) is 101 Å². The minimum atomic E-state index is -2.56. The third-order valence-electron chi connectivity index (χ3n) is 6.09. The van der Waals surface area contributed by atoms with E-state index in [0.717, 1.165) is 25.7 Å². The summed E-state index contributed by atoms with van der Waals surface area (Å²) in [5.41, 5.74) is -0.314. The van der Waals surface area contributed by atoms with Crippen LogP contribution in [0.2, 0.25) is 5.04 Å². The Morgan fingerprint density at radius 2 is 1.37 bits per heavy atom. The van der Waals surface area contributed by atoms with E-state index in [1.54, 1.807) is 0 Å². The molecule has 1 aliphatic rings. The lowest BCUT2D eigenvalue weighted by Gasteiger charge is -2.45. The summed E-state index contributed by atoms with van der Waals surface area (Å²) in [4.78, 5) is 12.1. The second-order valence-electron chi connectivity index (χ2n) is 8.99. The van der Waals surface area contributed by atoms with Crippen LogP contribution in [0.4, 0.5) is 0 Å². The maximum atomic E-state index is 12.1. The monoisotopic (exact) mass is 380 g/mol. The maximum Gasteiger partial charge on any atom is 0.261 e. The quantitative estimate of drug-likeness (QED) is 0.536. The zero-order valence-corrected chi connectivity index (χ0v) is 17.9. The van der Waals surface area contributed by atoms with Crippen molar-refractivity contribution in [2.24, 2.45) is 5.41 Å². The van der Waals surface area contributed by atoms with E-state index in [-0.39, 0.29) is 10.5 Å². The third-order valence-corrected chi connectivity index (χ3v) is 11.1. The lowest BCUT2D eigenvalue weighted by molar-refractivity contribution is -0.119. The summed E-state index contributed by atoms with van der Waals surface area (Å²) in [5, 5.41) is 2.51. The van der Waals surface area contributed by atoms with Gasteiger partial charge in [0.05, 0.1) is 0 Å². The van der Waals surface area contributed by atoms with Crippen LogP contribution in [0, 0.1) is 5.41 Å². The molecule has 0 atom stereocenters. The van der Waals surface area contributed by atoms with Crippen molar-refractivity contribution in [1.29, 1.82) is 0 Å². The molecule has 0 bridgehead atoms. The lowest BCUT2D eigenvalue weighted by atomic mass is 9.76. The Morgan fingerprint density at radius 1 is 0.889 bits per heavy atom. The molecule has 0 amide bonds. The van der Waals surface area contributed by atoms with E-state index < -0.39 is 8.32 Å². The Kier molecular flexibility index (Phi) is 6.02. The normalized spacial score (nSPS) is 17.4. The zero-order chi connectivity index (χ0) is 19.4. The molecule has 1 aliphatic carbocycles.